The summed E-state index contributed by atoms with van der Waals surface area (Å²) in [6.07, 6.45) is 17.9. The van der Waals surface area contributed by atoms with Gasteiger partial charge in [0.15, 0.2) is 0 Å². The van der Waals surface area contributed by atoms with Gasteiger partial charge in [0.05, 0.1) is 5.41 Å². The highest BCUT2D eigenvalue weighted by Crippen LogP contribution is 2.77. The lowest BCUT2D eigenvalue weighted by molar-refractivity contribution is -0.250. The van der Waals surface area contributed by atoms with Gasteiger partial charge in [0.25, 0.3) is 0 Å². The molecule has 2 heterocycles. The Bertz CT molecular complexity index is 1250. The maximum absolute atomic E-state index is 15.2. The number of carbonyl (C=O) groups excluding carboxylic acids is 2. The molecule has 5 nitrogen and oxygen atoms in total. The molecule has 0 N–H and O–H groups in total. The number of ether oxygens (including phenoxy) is 1. The van der Waals surface area contributed by atoms with Gasteiger partial charge in [-0.05, 0) is 162 Å². The minimum atomic E-state index is -0.174. The van der Waals surface area contributed by atoms with Gasteiger partial charge >= 0.3 is 5.97 Å². The van der Waals surface area contributed by atoms with E-state index in [9.17, 15) is 4.79 Å². The van der Waals surface area contributed by atoms with E-state index in [0.717, 1.165) is 45.2 Å². The van der Waals surface area contributed by atoms with Gasteiger partial charge in [-0.25, -0.2) is 0 Å². The molecule has 11 atom stereocenters. The molecule has 0 aromatic carbocycles. The van der Waals surface area contributed by atoms with Crippen LogP contribution in [0.15, 0.2) is 12.2 Å². The highest BCUT2D eigenvalue weighted by molar-refractivity contribution is 5.84. The van der Waals surface area contributed by atoms with E-state index in [-0.39, 0.29) is 39.1 Å². The molecule has 7 rings (SSSR count). The summed E-state index contributed by atoms with van der Waals surface area (Å²) in [6, 6.07) is 0.415. The predicted molar refractivity (Wildman–Crippen MR) is 190 cm³/mol. The van der Waals surface area contributed by atoms with E-state index in [2.05, 4.69) is 57.9 Å². The number of esters is 1. The average Bonchev–Trinajstić information content (AvgIpc) is 3.76. The number of likely N-dealkylation sites (tertiary alicyclic amines) is 2. The van der Waals surface area contributed by atoms with Crippen molar-refractivity contribution in [1.29, 1.82) is 0 Å². The van der Waals surface area contributed by atoms with E-state index >= 15 is 4.79 Å². The Balaban J connectivity index is 1.20. The van der Waals surface area contributed by atoms with Crippen molar-refractivity contribution in [1.82, 2.24) is 9.80 Å². The normalized spacial score (nSPS) is 47.5. The Kier molecular flexibility index (Phi) is 8.61. The first-order chi connectivity index (χ1) is 22.2. The summed E-state index contributed by atoms with van der Waals surface area (Å²) in [4.78, 5) is 32.4. The van der Waals surface area contributed by atoms with Gasteiger partial charge in [-0.3, -0.25) is 9.59 Å². The van der Waals surface area contributed by atoms with Crippen LogP contribution in [0.4, 0.5) is 0 Å². The summed E-state index contributed by atoms with van der Waals surface area (Å²) in [6.45, 7) is 25.6. The number of allylic oxidation sites excluding steroid dienone is 1. The Hall–Kier alpha value is -1.36. The van der Waals surface area contributed by atoms with Gasteiger partial charge in [-0.2, -0.15) is 0 Å². The molecule has 7 aliphatic rings. The van der Waals surface area contributed by atoms with Crippen LogP contribution in [0.5, 0.6) is 0 Å². The van der Waals surface area contributed by atoms with Crippen LogP contribution in [0.3, 0.4) is 0 Å². The second-order valence-corrected chi connectivity index (χ2v) is 19.6. The Morgan fingerprint density at radius 2 is 1.51 bits per heavy atom. The summed E-state index contributed by atoms with van der Waals surface area (Å²) >= 11 is 0. The molecule has 0 radical (unpaired) electrons. The smallest absolute Gasteiger partial charge is 0.302 e. The van der Waals surface area contributed by atoms with Crippen LogP contribution in [0.2, 0.25) is 0 Å². The molecular formula is C42H68N2O3. The van der Waals surface area contributed by atoms with Crippen LogP contribution in [-0.2, 0) is 14.3 Å². The molecule has 0 aromatic heterocycles. The zero-order chi connectivity index (χ0) is 33.6. The number of fused-ring (bicyclic) bond motifs is 7. The van der Waals surface area contributed by atoms with Gasteiger partial charge in [0, 0.05) is 31.5 Å². The number of amides is 1. The number of carbonyl (C=O) groups is 2. The van der Waals surface area contributed by atoms with Gasteiger partial charge in [-0.1, -0.05) is 40.2 Å². The molecule has 0 unspecified atom stereocenters. The van der Waals surface area contributed by atoms with Crippen molar-refractivity contribution in [2.75, 3.05) is 26.2 Å². The van der Waals surface area contributed by atoms with Gasteiger partial charge in [0.2, 0.25) is 5.91 Å². The topological polar surface area (TPSA) is 49.9 Å². The van der Waals surface area contributed by atoms with Crippen LogP contribution in [0, 0.1) is 56.7 Å². The zero-order valence-electron chi connectivity index (χ0n) is 31.3. The van der Waals surface area contributed by atoms with Gasteiger partial charge in [-0.15, -0.1) is 6.58 Å². The fourth-order valence-corrected chi connectivity index (χ4v) is 15.0. The fraction of sp³-hybridized carbons (Fsp3) is 0.905. The van der Waals surface area contributed by atoms with Gasteiger partial charge in [0.1, 0.15) is 6.10 Å². The Morgan fingerprint density at radius 1 is 0.766 bits per heavy atom. The van der Waals surface area contributed by atoms with Crippen LogP contribution >= 0.6 is 0 Å². The van der Waals surface area contributed by atoms with Crippen molar-refractivity contribution in [3.8, 4) is 0 Å². The largest absolute Gasteiger partial charge is 0.462 e. The van der Waals surface area contributed by atoms with E-state index < -0.39 is 0 Å². The molecular weight excluding hydrogens is 580 g/mol. The summed E-state index contributed by atoms with van der Waals surface area (Å²) in [5, 5.41) is 0. The highest BCUT2D eigenvalue weighted by atomic mass is 16.5. The second kappa shape index (κ2) is 11.9. The predicted octanol–water partition coefficient (Wildman–Crippen LogP) is 9.05. The number of hydrogen-bond donors (Lipinski definition) is 0. The zero-order valence-corrected chi connectivity index (χ0v) is 31.3. The lowest BCUT2D eigenvalue weighted by Crippen LogP contribution is -2.67. The van der Waals surface area contributed by atoms with Crippen LogP contribution < -0.4 is 0 Å². The lowest BCUT2D eigenvalue weighted by Gasteiger charge is -2.73. The lowest BCUT2D eigenvalue weighted by atomic mass is 9.32. The Labute approximate surface area is 287 Å². The molecule has 0 spiro atoms. The first-order valence-electron chi connectivity index (χ1n) is 20.0. The van der Waals surface area contributed by atoms with Crippen molar-refractivity contribution in [2.45, 2.75) is 157 Å². The van der Waals surface area contributed by atoms with Crippen molar-refractivity contribution < 1.29 is 14.3 Å². The highest BCUT2D eigenvalue weighted by Gasteiger charge is 2.72. The molecule has 5 aliphatic carbocycles. The van der Waals surface area contributed by atoms with E-state index in [0.29, 0.717) is 41.5 Å². The molecule has 2 aliphatic heterocycles. The van der Waals surface area contributed by atoms with Crippen LogP contribution in [0.1, 0.15) is 145 Å². The number of hydrogen-bond acceptors (Lipinski definition) is 4. The third-order valence-electron chi connectivity index (χ3n) is 17.2. The van der Waals surface area contributed by atoms with Crippen LogP contribution in [-0.4, -0.2) is 60.0 Å². The standard InChI is InChI=1S/C42H68N2O3/c1-28(2)26-30-15-20-42(37(46)44-25-11-12-31(44)27-43-23-9-10-24-43)22-21-40(7)32(36(30)42)13-14-34-39(6)18-17-35(47-29(3)45)38(4,5)33(39)16-19-41(34,40)8/h30-36H,1,9-27H2,2-8H3/t30-,31-,32+,33-,34+,35-,36+,39-,40+,41+,42-/m0/s1. The summed E-state index contributed by atoms with van der Waals surface area (Å²) < 4.78 is 5.99. The first kappa shape index (κ1) is 34.1. The molecule has 0 bridgehead atoms. The van der Waals surface area contributed by atoms with Gasteiger partial charge < -0.3 is 14.5 Å². The maximum atomic E-state index is 15.2. The van der Waals surface area contributed by atoms with Crippen LogP contribution in [0.25, 0.3) is 0 Å². The molecule has 2 saturated heterocycles. The molecule has 0 aromatic rings. The molecule has 5 heteroatoms. The van der Waals surface area contributed by atoms with Crippen molar-refractivity contribution in [3.05, 3.63) is 12.2 Å². The number of rotatable bonds is 6. The summed E-state index contributed by atoms with van der Waals surface area (Å²) in [5.74, 6) is 3.37. The molecule has 1 amide bonds. The molecule has 5 saturated carbocycles. The third-order valence-corrected chi connectivity index (χ3v) is 17.2. The first-order valence-corrected chi connectivity index (χ1v) is 20.0. The van der Waals surface area contributed by atoms with E-state index in [1.807, 2.05) is 0 Å². The third kappa shape index (κ3) is 5.06. The summed E-state index contributed by atoms with van der Waals surface area (Å²) in [5.41, 5.74) is 1.89. The molecule has 47 heavy (non-hydrogen) atoms. The Morgan fingerprint density at radius 3 is 2.21 bits per heavy atom. The minimum Gasteiger partial charge on any atom is -0.462 e. The number of nitrogens with zero attached hydrogens (tertiary/aromatic N) is 2. The SMILES string of the molecule is C=C(C)C[C@@H]1CC[C@]2(C(=O)N3CCC[C@H]3CN3CCCC3)CC[C@]3(C)[C@H](CC[C@@H]4[C@@]5(C)CC[C@H](OC(C)=O)C(C)(C)[C@@H]5CC[C@]43C)[C@@H]12. The minimum absolute atomic E-state index is 0.00867. The molecule has 264 valence electrons. The monoisotopic (exact) mass is 649 g/mol. The molecule has 7 fully saturated rings. The van der Waals surface area contributed by atoms with E-state index in [1.165, 1.54) is 82.9 Å². The maximum Gasteiger partial charge on any atom is 0.302 e. The van der Waals surface area contributed by atoms with E-state index in [4.69, 9.17) is 4.74 Å². The summed E-state index contributed by atoms with van der Waals surface area (Å²) in [7, 11) is 0. The van der Waals surface area contributed by atoms with Crippen molar-refractivity contribution in [3.63, 3.8) is 0 Å². The fourth-order valence-electron chi connectivity index (χ4n) is 15.0. The van der Waals surface area contributed by atoms with Crippen molar-refractivity contribution >= 4 is 11.9 Å². The quantitative estimate of drug-likeness (QED) is 0.213. The second-order valence-electron chi connectivity index (χ2n) is 19.6. The average molecular weight is 649 g/mol. The van der Waals surface area contributed by atoms with E-state index in [1.54, 1.807) is 6.92 Å². The van der Waals surface area contributed by atoms with Crippen molar-refractivity contribution in [2.24, 2.45) is 56.7 Å².